The highest BCUT2D eigenvalue weighted by molar-refractivity contribution is 9.10. The number of carbonyl (C=O) groups is 1. The van der Waals surface area contributed by atoms with Crippen molar-refractivity contribution in [1.82, 2.24) is 0 Å². The molecule has 0 aromatic heterocycles. The maximum Gasteiger partial charge on any atom is 0.247 e. The Morgan fingerprint density at radius 2 is 1.62 bits per heavy atom. The largest absolute Gasteiger partial charge is 0.324 e. The molecule has 2 rings (SSSR count). The van der Waals surface area contributed by atoms with Crippen LogP contribution in [-0.2, 0) is 14.8 Å². The standard InChI is InChI=1S/C17H19BrN2O3S/c1-12-4-10-16(11-5-12)20(24(3,22)23)13(2)17(21)19-15-8-6-14(18)7-9-15/h4-11,13H,1-3H3,(H,19,21)/t13-/m1/s1. The Labute approximate surface area is 150 Å². The summed E-state index contributed by atoms with van der Waals surface area (Å²) in [5.41, 5.74) is 2.08. The number of rotatable bonds is 5. The van der Waals surface area contributed by atoms with Crippen LogP contribution in [0.15, 0.2) is 53.0 Å². The Kier molecular flexibility index (Phi) is 5.66. The summed E-state index contributed by atoms with van der Waals surface area (Å²) in [6.45, 7) is 3.48. The molecule has 2 aromatic rings. The molecule has 1 N–H and O–H groups in total. The summed E-state index contributed by atoms with van der Waals surface area (Å²) in [6, 6.07) is 13.2. The SMILES string of the molecule is Cc1ccc(N([C@H](C)C(=O)Nc2ccc(Br)cc2)S(C)(=O)=O)cc1. The summed E-state index contributed by atoms with van der Waals surface area (Å²) in [6.07, 6.45) is 1.09. The van der Waals surface area contributed by atoms with Crippen LogP contribution < -0.4 is 9.62 Å². The Hall–Kier alpha value is -1.86. The van der Waals surface area contributed by atoms with Crippen molar-refractivity contribution in [2.45, 2.75) is 19.9 Å². The third kappa shape index (κ3) is 4.58. The lowest BCUT2D eigenvalue weighted by molar-refractivity contribution is -0.116. The minimum absolute atomic E-state index is 0.400. The van der Waals surface area contributed by atoms with E-state index in [2.05, 4.69) is 21.2 Å². The molecule has 0 fully saturated rings. The molecule has 1 amide bonds. The number of nitrogens with zero attached hydrogens (tertiary/aromatic N) is 1. The van der Waals surface area contributed by atoms with Crippen LogP contribution >= 0.6 is 15.9 Å². The molecule has 0 aliphatic rings. The van der Waals surface area contributed by atoms with Crippen LogP contribution in [0.3, 0.4) is 0 Å². The molecule has 0 radical (unpaired) electrons. The molecule has 0 saturated heterocycles. The zero-order valence-electron chi connectivity index (χ0n) is 13.7. The molecule has 0 saturated carbocycles. The average molecular weight is 411 g/mol. The lowest BCUT2D eigenvalue weighted by atomic mass is 10.2. The van der Waals surface area contributed by atoms with Crippen LogP contribution in [-0.4, -0.2) is 26.6 Å². The first kappa shape index (κ1) is 18.5. The lowest BCUT2D eigenvalue weighted by Crippen LogP contribution is -2.45. The van der Waals surface area contributed by atoms with Crippen LogP contribution in [0.2, 0.25) is 0 Å². The number of nitrogens with one attached hydrogen (secondary N) is 1. The summed E-state index contributed by atoms with van der Waals surface area (Å²) in [4.78, 5) is 12.5. The zero-order valence-corrected chi connectivity index (χ0v) is 16.1. The predicted molar refractivity (Wildman–Crippen MR) is 101 cm³/mol. The maximum atomic E-state index is 12.5. The number of aryl methyl sites for hydroxylation is 1. The molecule has 7 heteroatoms. The number of benzene rings is 2. The molecule has 0 heterocycles. The van der Waals surface area contributed by atoms with Crippen molar-refractivity contribution in [2.24, 2.45) is 0 Å². The van der Waals surface area contributed by atoms with Gasteiger partial charge in [0.15, 0.2) is 0 Å². The second-order valence-corrected chi connectivity index (χ2v) is 8.34. The van der Waals surface area contributed by atoms with Crippen molar-refractivity contribution in [3.05, 3.63) is 58.6 Å². The molecule has 0 bridgehead atoms. The van der Waals surface area contributed by atoms with Gasteiger partial charge in [-0.15, -0.1) is 0 Å². The van der Waals surface area contributed by atoms with Crippen LogP contribution in [0.5, 0.6) is 0 Å². The van der Waals surface area contributed by atoms with E-state index in [1.807, 2.05) is 19.1 Å². The van der Waals surface area contributed by atoms with E-state index in [4.69, 9.17) is 0 Å². The second kappa shape index (κ2) is 7.36. The number of hydrogen-bond acceptors (Lipinski definition) is 3. The lowest BCUT2D eigenvalue weighted by Gasteiger charge is -2.28. The molecule has 0 unspecified atom stereocenters. The number of sulfonamides is 1. The van der Waals surface area contributed by atoms with E-state index in [-0.39, 0.29) is 0 Å². The van der Waals surface area contributed by atoms with Gasteiger partial charge in [0.05, 0.1) is 11.9 Å². The molecular weight excluding hydrogens is 392 g/mol. The van der Waals surface area contributed by atoms with Gasteiger partial charge < -0.3 is 5.32 Å². The fourth-order valence-corrected chi connectivity index (χ4v) is 3.72. The van der Waals surface area contributed by atoms with E-state index in [0.717, 1.165) is 20.6 Å². The van der Waals surface area contributed by atoms with E-state index in [9.17, 15) is 13.2 Å². The molecule has 1 atom stereocenters. The van der Waals surface area contributed by atoms with Crippen LogP contribution in [0.1, 0.15) is 12.5 Å². The Balaban J connectivity index is 2.27. The van der Waals surface area contributed by atoms with Gasteiger partial charge in [0, 0.05) is 10.2 Å². The van der Waals surface area contributed by atoms with Gasteiger partial charge in [0.2, 0.25) is 15.9 Å². The smallest absolute Gasteiger partial charge is 0.247 e. The zero-order chi connectivity index (χ0) is 17.9. The highest BCUT2D eigenvalue weighted by Crippen LogP contribution is 2.22. The van der Waals surface area contributed by atoms with Crippen LogP contribution in [0.25, 0.3) is 0 Å². The number of halogens is 1. The van der Waals surface area contributed by atoms with Crippen molar-refractivity contribution < 1.29 is 13.2 Å². The van der Waals surface area contributed by atoms with Gasteiger partial charge in [-0.1, -0.05) is 33.6 Å². The van der Waals surface area contributed by atoms with Gasteiger partial charge in [-0.2, -0.15) is 0 Å². The first-order valence-electron chi connectivity index (χ1n) is 7.31. The summed E-state index contributed by atoms with van der Waals surface area (Å²) in [5, 5.41) is 2.74. The second-order valence-electron chi connectivity index (χ2n) is 5.57. The summed E-state index contributed by atoms with van der Waals surface area (Å²) in [7, 11) is -3.61. The van der Waals surface area contributed by atoms with Crippen molar-refractivity contribution in [3.8, 4) is 0 Å². The van der Waals surface area contributed by atoms with Crippen molar-refractivity contribution >= 4 is 43.2 Å². The molecule has 128 valence electrons. The molecule has 0 aliphatic carbocycles. The van der Waals surface area contributed by atoms with E-state index in [1.165, 1.54) is 0 Å². The normalized spacial score (nSPS) is 12.5. The molecular formula is C17H19BrN2O3S. The monoisotopic (exact) mass is 410 g/mol. The van der Waals surface area contributed by atoms with Gasteiger partial charge in [-0.05, 0) is 50.2 Å². The summed E-state index contributed by atoms with van der Waals surface area (Å²) < 4.78 is 26.4. The van der Waals surface area contributed by atoms with Crippen molar-refractivity contribution in [1.29, 1.82) is 0 Å². The van der Waals surface area contributed by atoms with Crippen LogP contribution in [0.4, 0.5) is 11.4 Å². The van der Waals surface area contributed by atoms with Gasteiger partial charge >= 0.3 is 0 Å². The Morgan fingerprint density at radius 3 is 2.12 bits per heavy atom. The molecule has 0 aliphatic heterocycles. The highest BCUT2D eigenvalue weighted by atomic mass is 79.9. The van der Waals surface area contributed by atoms with E-state index >= 15 is 0 Å². The minimum Gasteiger partial charge on any atom is -0.324 e. The van der Waals surface area contributed by atoms with Crippen molar-refractivity contribution in [2.75, 3.05) is 15.9 Å². The first-order valence-corrected chi connectivity index (χ1v) is 9.95. The predicted octanol–water partition coefficient (Wildman–Crippen LogP) is 3.55. The van der Waals surface area contributed by atoms with E-state index in [1.54, 1.807) is 43.3 Å². The molecule has 0 spiro atoms. The summed E-state index contributed by atoms with van der Waals surface area (Å²) >= 11 is 3.33. The van der Waals surface area contributed by atoms with Gasteiger partial charge in [0.25, 0.3) is 0 Å². The molecule has 5 nitrogen and oxygen atoms in total. The third-order valence-electron chi connectivity index (χ3n) is 3.49. The Morgan fingerprint density at radius 1 is 1.08 bits per heavy atom. The number of hydrogen-bond donors (Lipinski definition) is 1. The quantitative estimate of drug-likeness (QED) is 0.819. The molecule has 2 aromatic carbocycles. The molecule has 24 heavy (non-hydrogen) atoms. The fraction of sp³-hybridized carbons (Fsp3) is 0.235. The fourth-order valence-electron chi connectivity index (χ4n) is 2.28. The number of carbonyl (C=O) groups excluding carboxylic acids is 1. The van der Waals surface area contributed by atoms with Gasteiger partial charge in [0.1, 0.15) is 6.04 Å². The van der Waals surface area contributed by atoms with Crippen LogP contribution in [0, 0.1) is 6.92 Å². The highest BCUT2D eigenvalue weighted by Gasteiger charge is 2.29. The number of amides is 1. The minimum atomic E-state index is -3.61. The van der Waals surface area contributed by atoms with Gasteiger partial charge in [-0.3, -0.25) is 9.10 Å². The average Bonchev–Trinajstić information content (AvgIpc) is 2.50. The summed E-state index contributed by atoms with van der Waals surface area (Å²) in [5.74, 6) is -0.400. The first-order chi connectivity index (χ1) is 11.2. The topological polar surface area (TPSA) is 66.5 Å². The number of anilines is 2. The van der Waals surface area contributed by atoms with Crippen molar-refractivity contribution in [3.63, 3.8) is 0 Å². The van der Waals surface area contributed by atoms with Gasteiger partial charge in [-0.25, -0.2) is 8.42 Å². The maximum absolute atomic E-state index is 12.5. The Bertz CT molecular complexity index is 818. The third-order valence-corrected chi connectivity index (χ3v) is 5.26. The van der Waals surface area contributed by atoms with E-state index < -0.39 is 22.0 Å². The van der Waals surface area contributed by atoms with E-state index in [0.29, 0.717) is 11.4 Å².